The van der Waals surface area contributed by atoms with Crippen molar-refractivity contribution in [1.82, 2.24) is 20.0 Å². The highest BCUT2D eigenvalue weighted by Crippen LogP contribution is 2.12. The van der Waals surface area contributed by atoms with Crippen LogP contribution < -0.4 is 5.32 Å². The van der Waals surface area contributed by atoms with E-state index >= 15 is 0 Å². The van der Waals surface area contributed by atoms with Crippen molar-refractivity contribution in [2.75, 3.05) is 53.4 Å². The Hall–Kier alpha value is -1.14. The van der Waals surface area contributed by atoms with Crippen LogP contribution in [0.15, 0.2) is 0 Å². The molecule has 0 aromatic carbocycles. The molecular formula is C15H28N4O2. The lowest BCUT2D eigenvalue weighted by atomic mass is 10.0. The molecule has 2 amide bonds. The topological polar surface area (TPSA) is 55.9 Å². The molecule has 2 aliphatic rings. The van der Waals surface area contributed by atoms with Crippen molar-refractivity contribution in [3.05, 3.63) is 0 Å². The molecule has 2 heterocycles. The van der Waals surface area contributed by atoms with Gasteiger partial charge in [-0.25, -0.2) is 0 Å². The molecule has 0 unspecified atom stereocenters. The molecule has 2 rings (SSSR count). The van der Waals surface area contributed by atoms with Crippen molar-refractivity contribution in [2.24, 2.45) is 0 Å². The number of carbonyl (C=O) groups is 2. The van der Waals surface area contributed by atoms with Crippen LogP contribution >= 0.6 is 0 Å². The highest BCUT2D eigenvalue weighted by Gasteiger charge is 2.27. The summed E-state index contributed by atoms with van der Waals surface area (Å²) in [7, 11) is 3.56. The minimum Gasteiger partial charge on any atom is -0.348 e. The fourth-order valence-electron chi connectivity index (χ4n) is 2.97. The number of hydrogen-bond acceptors (Lipinski definition) is 4. The first-order valence-corrected chi connectivity index (χ1v) is 8.02. The van der Waals surface area contributed by atoms with E-state index in [1.807, 2.05) is 4.90 Å². The molecule has 6 heteroatoms. The molecule has 120 valence electrons. The molecule has 2 fully saturated rings. The molecule has 1 atom stereocenters. The average Bonchev–Trinajstić information content (AvgIpc) is 2.73. The highest BCUT2D eigenvalue weighted by molar-refractivity contribution is 5.82. The van der Waals surface area contributed by atoms with E-state index in [1.165, 1.54) is 6.42 Å². The van der Waals surface area contributed by atoms with Gasteiger partial charge in [-0.15, -0.1) is 0 Å². The summed E-state index contributed by atoms with van der Waals surface area (Å²) < 4.78 is 0. The van der Waals surface area contributed by atoms with Crippen molar-refractivity contribution >= 4 is 11.8 Å². The largest absolute Gasteiger partial charge is 0.348 e. The molecule has 0 aromatic rings. The molecule has 21 heavy (non-hydrogen) atoms. The molecule has 1 N–H and O–H groups in total. The average molecular weight is 296 g/mol. The maximum Gasteiger partial charge on any atom is 0.239 e. The number of likely N-dealkylation sites (N-methyl/N-ethyl adjacent to an activating group) is 1. The van der Waals surface area contributed by atoms with E-state index in [4.69, 9.17) is 0 Å². The van der Waals surface area contributed by atoms with E-state index in [1.54, 1.807) is 19.0 Å². The Balaban J connectivity index is 1.82. The maximum atomic E-state index is 12.5. The lowest BCUT2D eigenvalue weighted by Gasteiger charge is -2.29. The van der Waals surface area contributed by atoms with Crippen LogP contribution in [-0.2, 0) is 9.59 Å². The molecule has 2 saturated heterocycles. The van der Waals surface area contributed by atoms with Gasteiger partial charge in [-0.1, -0.05) is 6.42 Å². The Kier molecular flexibility index (Phi) is 5.99. The van der Waals surface area contributed by atoms with E-state index in [0.717, 1.165) is 52.0 Å². The molecule has 0 bridgehead atoms. The zero-order valence-corrected chi connectivity index (χ0v) is 13.3. The Labute approximate surface area is 127 Å². The summed E-state index contributed by atoms with van der Waals surface area (Å²) >= 11 is 0. The summed E-state index contributed by atoms with van der Waals surface area (Å²) in [5, 5.41) is 3.33. The predicted molar refractivity (Wildman–Crippen MR) is 82.0 cm³/mol. The molecule has 0 saturated carbocycles. The van der Waals surface area contributed by atoms with Gasteiger partial charge < -0.3 is 15.1 Å². The number of hydrogen-bond donors (Lipinski definition) is 1. The van der Waals surface area contributed by atoms with Gasteiger partial charge in [0.1, 0.15) is 0 Å². The number of nitrogens with zero attached hydrogens (tertiary/aromatic N) is 3. The van der Waals surface area contributed by atoms with Crippen LogP contribution in [0.2, 0.25) is 0 Å². The van der Waals surface area contributed by atoms with Gasteiger partial charge in [0.2, 0.25) is 11.8 Å². The van der Waals surface area contributed by atoms with Crippen molar-refractivity contribution in [3.63, 3.8) is 0 Å². The number of carbonyl (C=O) groups excluding carboxylic acids is 2. The quantitative estimate of drug-likeness (QED) is 0.780. The van der Waals surface area contributed by atoms with Crippen LogP contribution in [0.25, 0.3) is 0 Å². The minimum absolute atomic E-state index is 0.00806. The Morgan fingerprint density at radius 3 is 2.57 bits per heavy atom. The summed E-state index contributed by atoms with van der Waals surface area (Å²) in [5.74, 6) is 0.374. The first-order chi connectivity index (χ1) is 10.1. The number of nitrogens with one attached hydrogen (secondary N) is 1. The Morgan fingerprint density at radius 1 is 1.10 bits per heavy atom. The lowest BCUT2D eigenvalue weighted by Crippen LogP contribution is -2.49. The van der Waals surface area contributed by atoms with Crippen LogP contribution in [0, 0.1) is 0 Å². The van der Waals surface area contributed by atoms with Crippen molar-refractivity contribution in [3.8, 4) is 0 Å². The van der Waals surface area contributed by atoms with E-state index in [0.29, 0.717) is 6.54 Å². The first-order valence-electron chi connectivity index (χ1n) is 8.02. The SMILES string of the molecule is CN(C)C(=O)CN1CCCN(C(=O)[C@@H]2CCCCN2)CC1. The van der Waals surface area contributed by atoms with Crippen molar-refractivity contribution < 1.29 is 9.59 Å². The summed E-state index contributed by atoms with van der Waals surface area (Å²) in [6, 6.07) is 0.00806. The van der Waals surface area contributed by atoms with E-state index < -0.39 is 0 Å². The molecular weight excluding hydrogens is 268 g/mol. The molecule has 0 aromatic heterocycles. The Morgan fingerprint density at radius 2 is 1.90 bits per heavy atom. The fraction of sp³-hybridized carbons (Fsp3) is 0.867. The number of amides is 2. The third-order valence-electron chi connectivity index (χ3n) is 4.37. The van der Waals surface area contributed by atoms with E-state index in [9.17, 15) is 9.59 Å². The second-order valence-electron chi connectivity index (χ2n) is 6.25. The fourth-order valence-corrected chi connectivity index (χ4v) is 2.97. The molecule has 6 nitrogen and oxygen atoms in total. The second kappa shape index (κ2) is 7.75. The third kappa shape index (κ3) is 4.68. The zero-order valence-electron chi connectivity index (χ0n) is 13.3. The lowest BCUT2D eigenvalue weighted by molar-refractivity contribution is -0.133. The summed E-state index contributed by atoms with van der Waals surface area (Å²) in [4.78, 5) is 30.0. The number of rotatable bonds is 3. The van der Waals surface area contributed by atoms with E-state index in [2.05, 4.69) is 10.2 Å². The minimum atomic E-state index is 0.00806. The first kappa shape index (κ1) is 16.2. The smallest absolute Gasteiger partial charge is 0.239 e. The normalized spacial score (nSPS) is 24.5. The molecule has 0 radical (unpaired) electrons. The summed E-state index contributed by atoms with van der Waals surface area (Å²) in [6.45, 7) is 4.63. The molecule has 0 aliphatic carbocycles. The predicted octanol–water partition coefficient (Wildman–Crippen LogP) is -0.249. The van der Waals surface area contributed by atoms with Gasteiger partial charge in [0, 0.05) is 40.3 Å². The monoisotopic (exact) mass is 296 g/mol. The van der Waals surface area contributed by atoms with Gasteiger partial charge in [0.15, 0.2) is 0 Å². The van der Waals surface area contributed by atoms with Crippen LogP contribution in [0.1, 0.15) is 25.7 Å². The van der Waals surface area contributed by atoms with Crippen LogP contribution in [0.3, 0.4) is 0 Å². The van der Waals surface area contributed by atoms with Gasteiger partial charge in [0.05, 0.1) is 12.6 Å². The molecule has 0 spiro atoms. The van der Waals surface area contributed by atoms with E-state index in [-0.39, 0.29) is 17.9 Å². The van der Waals surface area contributed by atoms with Crippen molar-refractivity contribution in [1.29, 1.82) is 0 Å². The van der Waals surface area contributed by atoms with Gasteiger partial charge in [-0.3, -0.25) is 14.5 Å². The van der Waals surface area contributed by atoms with Gasteiger partial charge in [0.25, 0.3) is 0 Å². The third-order valence-corrected chi connectivity index (χ3v) is 4.37. The summed E-state index contributed by atoms with van der Waals surface area (Å²) in [5.41, 5.74) is 0. The second-order valence-corrected chi connectivity index (χ2v) is 6.25. The van der Waals surface area contributed by atoms with Crippen LogP contribution in [-0.4, -0.2) is 85.9 Å². The standard InChI is InChI=1S/C15H28N4O2/c1-17(2)14(20)12-18-8-5-9-19(11-10-18)15(21)13-6-3-4-7-16-13/h13,16H,3-12H2,1-2H3/t13-/m0/s1. The number of piperidine rings is 1. The molecule has 2 aliphatic heterocycles. The van der Waals surface area contributed by atoms with Gasteiger partial charge in [-0.05, 0) is 25.8 Å². The zero-order chi connectivity index (χ0) is 15.2. The van der Waals surface area contributed by atoms with Gasteiger partial charge >= 0.3 is 0 Å². The highest BCUT2D eigenvalue weighted by atomic mass is 16.2. The van der Waals surface area contributed by atoms with Gasteiger partial charge in [-0.2, -0.15) is 0 Å². The summed E-state index contributed by atoms with van der Waals surface area (Å²) in [6.07, 6.45) is 4.21. The maximum absolute atomic E-state index is 12.5. The van der Waals surface area contributed by atoms with Crippen LogP contribution in [0.5, 0.6) is 0 Å². The van der Waals surface area contributed by atoms with Crippen molar-refractivity contribution in [2.45, 2.75) is 31.7 Å². The van der Waals surface area contributed by atoms with Crippen LogP contribution in [0.4, 0.5) is 0 Å². The Bertz CT molecular complexity index is 367.